The van der Waals surface area contributed by atoms with Crippen LogP contribution in [0.25, 0.3) is 0 Å². The minimum absolute atomic E-state index is 0.0291. The van der Waals surface area contributed by atoms with Crippen LogP contribution >= 0.6 is 0 Å². The van der Waals surface area contributed by atoms with E-state index < -0.39 is 0 Å². The average Bonchev–Trinajstić information content (AvgIpc) is 2.76. The first kappa shape index (κ1) is 9.98. The second-order valence-electron chi connectivity index (χ2n) is 3.77. The van der Waals surface area contributed by atoms with Crippen LogP contribution in [0.5, 0.6) is 0 Å². The van der Waals surface area contributed by atoms with Crippen LogP contribution in [0.3, 0.4) is 0 Å². The number of furan rings is 1. The van der Waals surface area contributed by atoms with Crippen LogP contribution in [0.15, 0.2) is 29.1 Å². The molecule has 0 radical (unpaired) electrons. The molecule has 2 rings (SSSR count). The van der Waals surface area contributed by atoms with E-state index in [-0.39, 0.29) is 6.04 Å². The standard InChI is InChI=1S/C11H15N3O/c1-8-5-10(14(2)13-8)6-11(12)9-3-4-15-7-9/h3-5,7,11H,6,12H2,1-2H3. The predicted molar refractivity (Wildman–Crippen MR) is 57.3 cm³/mol. The van der Waals surface area contributed by atoms with Gasteiger partial charge in [-0.05, 0) is 19.1 Å². The molecule has 0 aliphatic heterocycles. The third kappa shape index (κ3) is 2.10. The van der Waals surface area contributed by atoms with Crippen LogP contribution < -0.4 is 5.73 Å². The van der Waals surface area contributed by atoms with Crippen molar-refractivity contribution in [1.29, 1.82) is 0 Å². The molecule has 2 aromatic heterocycles. The predicted octanol–water partition coefficient (Wildman–Crippen LogP) is 1.56. The van der Waals surface area contributed by atoms with Crippen molar-refractivity contribution in [2.45, 2.75) is 19.4 Å². The minimum Gasteiger partial charge on any atom is -0.472 e. The summed E-state index contributed by atoms with van der Waals surface area (Å²) in [5.41, 5.74) is 9.23. The molecule has 4 heteroatoms. The molecular formula is C11H15N3O. The van der Waals surface area contributed by atoms with E-state index >= 15 is 0 Å². The van der Waals surface area contributed by atoms with Crippen LogP contribution in [0.4, 0.5) is 0 Å². The molecule has 0 aliphatic rings. The molecule has 0 aromatic carbocycles. The van der Waals surface area contributed by atoms with E-state index in [1.165, 1.54) is 0 Å². The maximum Gasteiger partial charge on any atom is 0.0950 e. The lowest BCUT2D eigenvalue weighted by Crippen LogP contribution is -2.14. The molecule has 2 heterocycles. The monoisotopic (exact) mass is 205 g/mol. The van der Waals surface area contributed by atoms with Crippen LogP contribution in [0, 0.1) is 6.92 Å². The average molecular weight is 205 g/mol. The summed E-state index contributed by atoms with van der Waals surface area (Å²) in [5.74, 6) is 0. The molecule has 4 nitrogen and oxygen atoms in total. The Balaban J connectivity index is 2.12. The highest BCUT2D eigenvalue weighted by Crippen LogP contribution is 2.16. The van der Waals surface area contributed by atoms with E-state index in [9.17, 15) is 0 Å². The van der Waals surface area contributed by atoms with E-state index in [1.54, 1.807) is 12.5 Å². The van der Waals surface area contributed by atoms with Gasteiger partial charge in [-0.15, -0.1) is 0 Å². The molecular weight excluding hydrogens is 190 g/mol. The fourth-order valence-electron chi connectivity index (χ4n) is 1.68. The molecule has 1 atom stereocenters. The third-order valence-electron chi connectivity index (χ3n) is 2.50. The zero-order valence-corrected chi connectivity index (χ0v) is 8.97. The largest absolute Gasteiger partial charge is 0.472 e. The molecule has 0 amide bonds. The first-order chi connectivity index (χ1) is 7.16. The van der Waals surface area contributed by atoms with Crippen molar-refractivity contribution >= 4 is 0 Å². The Morgan fingerprint density at radius 1 is 1.60 bits per heavy atom. The van der Waals surface area contributed by atoms with Crippen molar-refractivity contribution in [1.82, 2.24) is 9.78 Å². The van der Waals surface area contributed by atoms with E-state index in [0.717, 1.165) is 23.4 Å². The molecule has 0 fully saturated rings. The molecule has 15 heavy (non-hydrogen) atoms. The van der Waals surface area contributed by atoms with E-state index in [0.29, 0.717) is 0 Å². The normalized spacial score (nSPS) is 13.0. The molecule has 1 unspecified atom stereocenters. The summed E-state index contributed by atoms with van der Waals surface area (Å²) in [6, 6.07) is 3.92. The topological polar surface area (TPSA) is 57.0 Å². The Bertz CT molecular complexity index is 431. The second-order valence-corrected chi connectivity index (χ2v) is 3.77. The van der Waals surface area contributed by atoms with E-state index in [4.69, 9.17) is 10.2 Å². The maximum absolute atomic E-state index is 6.05. The summed E-state index contributed by atoms with van der Waals surface area (Å²) in [6.07, 6.45) is 4.11. The van der Waals surface area contributed by atoms with Gasteiger partial charge in [-0.1, -0.05) is 0 Å². The van der Waals surface area contributed by atoms with Gasteiger partial charge in [-0.2, -0.15) is 5.10 Å². The fourth-order valence-corrected chi connectivity index (χ4v) is 1.68. The van der Waals surface area contributed by atoms with Gasteiger partial charge in [0.25, 0.3) is 0 Å². The highest BCUT2D eigenvalue weighted by molar-refractivity contribution is 5.16. The van der Waals surface area contributed by atoms with Crippen LogP contribution in [-0.4, -0.2) is 9.78 Å². The fraction of sp³-hybridized carbons (Fsp3) is 0.364. The van der Waals surface area contributed by atoms with Crippen molar-refractivity contribution in [3.8, 4) is 0 Å². The van der Waals surface area contributed by atoms with Crippen LogP contribution in [0.1, 0.15) is 23.0 Å². The van der Waals surface area contributed by atoms with Crippen LogP contribution in [-0.2, 0) is 13.5 Å². The molecule has 0 spiro atoms. The summed E-state index contributed by atoms with van der Waals surface area (Å²) >= 11 is 0. The number of hydrogen-bond donors (Lipinski definition) is 1. The number of nitrogens with zero attached hydrogens (tertiary/aromatic N) is 2. The Kier molecular flexibility index (Phi) is 2.60. The summed E-state index contributed by atoms with van der Waals surface area (Å²) in [5, 5.41) is 4.28. The molecule has 2 N–H and O–H groups in total. The Hall–Kier alpha value is -1.55. The zero-order valence-electron chi connectivity index (χ0n) is 8.97. The Morgan fingerprint density at radius 2 is 2.40 bits per heavy atom. The van der Waals surface area contributed by atoms with Gasteiger partial charge in [-0.3, -0.25) is 4.68 Å². The van der Waals surface area contributed by atoms with Gasteiger partial charge in [0.1, 0.15) is 0 Å². The van der Waals surface area contributed by atoms with Gasteiger partial charge in [0.2, 0.25) is 0 Å². The van der Waals surface area contributed by atoms with E-state index in [2.05, 4.69) is 11.2 Å². The van der Waals surface area contributed by atoms with Gasteiger partial charge in [-0.25, -0.2) is 0 Å². The summed E-state index contributed by atoms with van der Waals surface area (Å²) < 4.78 is 6.88. The first-order valence-corrected chi connectivity index (χ1v) is 4.94. The van der Waals surface area contributed by atoms with Crippen LogP contribution in [0.2, 0.25) is 0 Å². The Morgan fingerprint density at radius 3 is 2.93 bits per heavy atom. The lowest BCUT2D eigenvalue weighted by molar-refractivity contribution is 0.556. The van der Waals surface area contributed by atoms with Crippen molar-refractivity contribution in [2.75, 3.05) is 0 Å². The quantitative estimate of drug-likeness (QED) is 0.827. The van der Waals surface area contributed by atoms with Gasteiger partial charge in [0, 0.05) is 30.8 Å². The minimum atomic E-state index is -0.0291. The number of aromatic nitrogens is 2. The zero-order chi connectivity index (χ0) is 10.8. The maximum atomic E-state index is 6.05. The van der Waals surface area contributed by atoms with Crippen molar-refractivity contribution in [3.63, 3.8) is 0 Å². The smallest absolute Gasteiger partial charge is 0.0950 e. The number of rotatable bonds is 3. The molecule has 0 saturated heterocycles. The Labute approximate surface area is 88.7 Å². The molecule has 2 aromatic rings. The highest BCUT2D eigenvalue weighted by Gasteiger charge is 2.11. The van der Waals surface area contributed by atoms with Crippen molar-refractivity contribution in [2.24, 2.45) is 12.8 Å². The lowest BCUT2D eigenvalue weighted by atomic mass is 10.1. The third-order valence-corrected chi connectivity index (χ3v) is 2.50. The number of nitrogens with two attached hydrogens (primary N) is 1. The SMILES string of the molecule is Cc1cc(CC(N)c2ccoc2)n(C)n1. The van der Waals surface area contributed by atoms with Gasteiger partial charge in [0.05, 0.1) is 18.2 Å². The highest BCUT2D eigenvalue weighted by atomic mass is 16.3. The van der Waals surface area contributed by atoms with Gasteiger partial charge >= 0.3 is 0 Å². The van der Waals surface area contributed by atoms with E-state index in [1.807, 2.05) is 24.7 Å². The molecule has 80 valence electrons. The van der Waals surface area contributed by atoms with Gasteiger partial charge in [0.15, 0.2) is 0 Å². The lowest BCUT2D eigenvalue weighted by Gasteiger charge is -2.08. The molecule has 0 aliphatic carbocycles. The summed E-state index contributed by atoms with van der Waals surface area (Å²) in [6.45, 7) is 1.98. The molecule has 0 bridgehead atoms. The molecule has 0 saturated carbocycles. The first-order valence-electron chi connectivity index (χ1n) is 4.94. The van der Waals surface area contributed by atoms with Gasteiger partial charge < -0.3 is 10.2 Å². The summed E-state index contributed by atoms with van der Waals surface area (Å²) in [7, 11) is 1.93. The van der Waals surface area contributed by atoms with Crippen molar-refractivity contribution < 1.29 is 4.42 Å². The van der Waals surface area contributed by atoms with Crippen molar-refractivity contribution in [3.05, 3.63) is 41.6 Å². The second kappa shape index (κ2) is 3.90. The number of hydrogen-bond acceptors (Lipinski definition) is 3. The summed E-state index contributed by atoms with van der Waals surface area (Å²) in [4.78, 5) is 0. The number of aryl methyl sites for hydroxylation is 2.